The molecule has 0 amide bonds. The van der Waals surface area contributed by atoms with Crippen LogP contribution in [0.1, 0.15) is 5.82 Å². The summed E-state index contributed by atoms with van der Waals surface area (Å²) in [6.07, 6.45) is 1.70. The maximum Gasteiger partial charge on any atom is 0.116 e. The second kappa shape index (κ2) is 5.79. The zero-order chi connectivity index (χ0) is 13.8. The maximum atomic E-state index is 4.30. The summed E-state index contributed by atoms with van der Waals surface area (Å²) < 4.78 is 0. The average molecular weight is 282 g/mol. The SMILES string of the molecule is SCc1nc2ccccc2[nH]1.c1ccc2[nH]cnc2c1. The van der Waals surface area contributed by atoms with E-state index in [0.29, 0.717) is 5.75 Å². The first-order valence-corrected chi connectivity index (χ1v) is 6.92. The van der Waals surface area contributed by atoms with Crippen molar-refractivity contribution in [3.8, 4) is 0 Å². The molecule has 0 bridgehead atoms. The van der Waals surface area contributed by atoms with Gasteiger partial charge in [-0.15, -0.1) is 0 Å². The van der Waals surface area contributed by atoms with Gasteiger partial charge in [-0.25, -0.2) is 9.97 Å². The van der Waals surface area contributed by atoms with E-state index >= 15 is 0 Å². The molecule has 0 aliphatic heterocycles. The van der Waals surface area contributed by atoms with Crippen LogP contribution in [0.5, 0.6) is 0 Å². The fourth-order valence-electron chi connectivity index (χ4n) is 1.96. The summed E-state index contributed by atoms with van der Waals surface area (Å²) in [4.78, 5) is 14.5. The Morgan fingerprint density at radius 1 is 0.900 bits per heavy atom. The van der Waals surface area contributed by atoms with Crippen LogP contribution in [0.25, 0.3) is 22.1 Å². The highest BCUT2D eigenvalue weighted by molar-refractivity contribution is 7.79. The summed E-state index contributed by atoms with van der Waals surface area (Å²) in [7, 11) is 0. The summed E-state index contributed by atoms with van der Waals surface area (Å²) in [6, 6.07) is 15.9. The number of nitrogens with zero attached hydrogens (tertiary/aromatic N) is 2. The third-order valence-corrected chi connectivity index (χ3v) is 3.22. The largest absolute Gasteiger partial charge is 0.345 e. The van der Waals surface area contributed by atoms with Crippen molar-refractivity contribution in [1.29, 1.82) is 0 Å². The van der Waals surface area contributed by atoms with Gasteiger partial charge < -0.3 is 9.97 Å². The van der Waals surface area contributed by atoms with Crippen LogP contribution in [0.4, 0.5) is 0 Å². The Morgan fingerprint density at radius 2 is 1.60 bits per heavy atom. The summed E-state index contributed by atoms with van der Waals surface area (Å²) in [5.74, 6) is 1.59. The molecule has 0 atom stereocenters. The van der Waals surface area contributed by atoms with Crippen LogP contribution in [0.15, 0.2) is 54.9 Å². The number of aromatic amines is 2. The van der Waals surface area contributed by atoms with Crippen LogP contribution in [-0.4, -0.2) is 19.9 Å². The molecule has 4 rings (SSSR count). The zero-order valence-electron chi connectivity index (χ0n) is 10.7. The molecule has 0 saturated carbocycles. The number of imidazole rings is 2. The maximum absolute atomic E-state index is 4.30. The van der Waals surface area contributed by atoms with Crippen molar-refractivity contribution >= 4 is 34.7 Å². The minimum absolute atomic E-state index is 0.661. The Labute approximate surface area is 121 Å². The first-order valence-electron chi connectivity index (χ1n) is 6.29. The van der Waals surface area contributed by atoms with Crippen LogP contribution < -0.4 is 0 Å². The molecule has 0 unspecified atom stereocenters. The van der Waals surface area contributed by atoms with E-state index in [4.69, 9.17) is 0 Å². The van der Waals surface area contributed by atoms with E-state index in [1.54, 1.807) is 6.33 Å². The second-order valence-corrected chi connectivity index (χ2v) is 4.59. The molecule has 2 aromatic carbocycles. The molecule has 5 heteroatoms. The molecule has 0 aliphatic rings. The zero-order valence-corrected chi connectivity index (χ0v) is 11.6. The Hall–Kier alpha value is -2.27. The third-order valence-electron chi connectivity index (χ3n) is 2.92. The van der Waals surface area contributed by atoms with Gasteiger partial charge in [0, 0.05) is 5.75 Å². The van der Waals surface area contributed by atoms with Gasteiger partial charge in [0.2, 0.25) is 0 Å². The Bertz CT molecular complexity index is 755. The van der Waals surface area contributed by atoms with Gasteiger partial charge in [0.25, 0.3) is 0 Å². The Balaban J connectivity index is 0.000000123. The molecule has 2 heterocycles. The fourth-order valence-corrected chi connectivity index (χ4v) is 2.11. The van der Waals surface area contributed by atoms with Gasteiger partial charge in [-0.2, -0.15) is 12.6 Å². The molecule has 4 nitrogen and oxygen atoms in total. The van der Waals surface area contributed by atoms with Crippen molar-refractivity contribution in [3.63, 3.8) is 0 Å². The first kappa shape index (κ1) is 12.7. The summed E-state index contributed by atoms with van der Waals surface area (Å²) in [5, 5.41) is 0. The molecule has 0 aliphatic carbocycles. The first-order chi connectivity index (χ1) is 9.86. The van der Waals surface area contributed by atoms with Gasteiger partial charge >= 0.3 is 0 Å². The molecule has 2 aromatic heterocycles. The van der Waals surface area contributed by atoms with Crippen molar-refractivity contribution < 1.29 is 0 Å². The number of benzene rings is 2. The normalized spacial score (nSPS) is 10.4. The van der Waals surface area contributed by atoms with Crippen molar-refractivity contribution in [1.82, 2.24) is 19.9 Å². The van der Waals surface area contributed by atoms with E-state index in [9.17, 15) is 0 Å². The van der Waals surface area contributed by atoms with E-state index in [1.807, 2.05) is 48.5 Å². The third kappa shape index (κ3) is 2.67. The van der Waals surface area contributed by atoms with Crippen LogP contribution in [0.3, 0.4) is 0 Å². The van der Waals surface area contributed by atoms with Crippen molar-refractivity contribution in [2.45, 2.75) is 5.75 Å². The topological polar surface area (TPSA) is 57.4 Å². The number of rotatable bonds is 1. The van der Waals surface area contributed by atoms with Crippen LogP contribution in [0, 0.1) is 0 Å². The smallest absolute Gasteiger partial charge is 0.116 e. The van der Waals surface area contributed by atoms with Crippen LogP contribution >= 0.6 is 12.6 Å². The molecule has 100 valence electrons. The monoisotopic (exact) mass is 282 g/mol. The lowest BCUT2D eigenvalue weighted by Crippen LogP contribution is -1.77. The van der Waals surface area contributed by atoms with E-state index in [-0.39, 0.29) is 0 Å². The number of H-pyrrole nitrogens is 2. The average Bonchev–Trinajstić information content (AvgIpc) is 3.13. The lowest BCUT2D eigenvalue weighted by Gasteiger charge is -1.81. The number of hydrogen-bond acceptors (Lipinski definition) is 3. The van der Waals surface area contributed by atoms with Crippen LogP contribution in [0.2, 0.25) is 0 Å². The Morgan fingerprint density at radius 3 is 2.30 bits per heavy atom. The van der Waals surface area contributed by atoms with E-state index in [2.05, 4.69) is 32.6 Å². The molecular formula is C15H14N4S. The quantitative estimate of drug-likeness (QED) is 0.468. The van der Waals surface area contributed by atoms with Crippen LogP contribution in [-0.2, 0) is 5.75 Å². The van der Waals surface area contributed by atoms with E-state index in [0.717, 1.165) is 27.9 Å². The number of hydrogen-bond donors (Lipinski definition) is 3. The Kier molecular flexibility index (Phi) is 3.69. The van der Waals surface area contributed by atoms with Gasteiger partial charge in [0.1, 0.15) is 5.82 Å². The highest BCUT2D eigenvalue weighted by atomic mass is 32.1. The van der Waals surface area contributed by atoms with Gasteiger partial charge in [-0.3, -0.25) is 0 Å². The van der Waals surface area contributed by atoms with E-state index in [1.165, 1.54) is 0 Å². The molecule has 4 aromatic rings. The van der Waals surface area contributed by atoms with Gasteiger partial charge in [0.15, 0.2) is 0 Å². The molecule has 0 saturated heterocycles. The standard InChI is InChI=1S/C8H8N2S.C7H6N2/c11-5-8-9-6-3-1-2-4-7(6)10-8;1-2-4-7-6(3-1)8-5-9-7/h1-4,11H,5H2,(H,9,10);1-5H,(H,8,9). The number of thiol groups is 1. The predicted octanol–water partition coefficient (Wildman–Crippen LogP) is 3.56. The lowest BCUT2D eigenvalue weighted by atomic mass is 10.3. The molecule has 20 heavy (non-hydrogen) atoms. The summed E-state index contributed by atoms with van der Waals surface area (Å²) in [5.41, 5.74) is 4.21. The minimum Gasteiger partial charge on any atom is -0.345 e. The summed E-state index contributed by atoms with van der Waals surface area (Å²) >= 11 is 4.13. The van der Waals surface area contributed by atoms with E-state index < -0.39 is 0 Å². The molecule has 0 radical (unpaired) electrons. The molecule has 2 N–H and O–H groups in total. The highest BCUT2D eigenvalue weighted by Crippen LogP contribution is 2.10. The number of aromatic nitrogens is 4. The molecular weight excluding hydrogens is 268 g/mol. The summed E-state index contributed by atoms with van der Waals surface area (Å²) in [6.45, 7) is 0. The number of para-hydroxylation sites is 4. The van der Waals surface area contributed by atoms with Crippen molar-refractivity contribution in [3.05, 3.63) is 60.7 Å². The highest BCUT2D eigenvalue weighted by Gasteiger charge is 1.97. The predicted molar refractivity (Wildman–Crippen MR) is 84.9 cm³/mol. The number of nitrogens with one attached hydrogen (secondary N) is 2. The fraction of sp³-hybridized carbons (Fsp3) is 0.0667. The van der Waals surface area contributed by atoms with Gasteiger partial charge in [-0.05, 0) is 24.3 Å². The van der Waals surface area contributed by atoms with Crippen molar-refractivity contribution in [2.75, 3.05) is 0 Å². The second-order valence-electron chi connectivity index (χ2n) is 4.28. The van der Waals surface area contributed by atoms with Gasteiger partial charge in [0.05, 0.1) is 28.4 Å². The molecule has 0 spiro atoms. The van der Waals surface area contributed by atoms with Crippen molar-refractivity contribution in [2.24, 2.45) is 0 Å². The number of fused-ring (bicyclic) bond motifs is 2. The van der Waals surface area contributed by atoms with Gasteiger partial charge in [-0.1, -0.05) is 24.3 Å². The minimum atomic E-state index is 0.661. The molecule has 0 fully saturated rings. The lowest BCUT2D eigenvalue weighted by molar-refractivity contribution is 1.15.